The SMILES string of the molecule is CNC1CCCN(c2cccc(C)c2)CC1. The van der Waals surface area contributed by atoms with Crippen LogP contribution in [0.15, 0.2) is 24.3 Å². The van der Waals surface area contributed by atoms with Crippen LogP contribution in [0.2, 0.25) is 0 Å². The maximum Gasteiger partial charge on any atom is 0.0368 e. The Morgan fingerprint density at radius 1 is 1.25 bits per heavy atom. The van der Waals surface area contributed by atoms with E-state index in [2.05, 4.69) is 48.5 Å². The van der Waals surface area contributed by atoms with Gasteiger partial charge in [-0.2, -0.15) is 0 Å². The van der Waals surface area contributed by atoms with Crippen LogP contribution in [0, 0.1) is 6.92 Å². The summed E-state index contributed by atoms with van der Waals surface area (Å²) >= 11 is 0. The average Bonchev–Trinajstić information content (AvgIpc) is 2.54. The molecule has 1 aromatic carbocycles. The van der Waals surface area contributed by atoms with Crippen LogP contribution in [0.25, 0.3) is 0 Å². The first-order chi connectivity index (χ1) is 7.79. The van der Waals surface area contributed by atoms with Crippen LogP contribution in [-0.2, 0) is 0 Å². The minimum Gasteiger partial charge on any atom is -0.371 e. The first-order valence-electron chi connectivity index (χ1n) is 6.28. The van der Waals surface area contributed by atoms with E-state index in [0.29, 0.717) is 6.04 Å². The zero-order valence-electron chi connectivity index (χ0n) is 10.4. The summed E-state index contributed by atoms with van der Waals surface area (Å²) in [5.41, 5.74) is 2.74. The minimum atomic E-state index is 0.704. The van der Waals surface area contributed by atoms with E-state index in [1.807, 2.05) is 0 Å². The molecule has 0 spiro atoms. The molecule has 2 rings (SSSR count). The van der Waals surface area contributed by atoms with Gasteiger partial charge in [-0.15, -0.1) is 0 Å². The van der Waals surface area contributed by atoms with Crippen molar-refractivity contribution in [2.45, 2.75) is 32.2 Å². The van der Waals surface area contributed by atoms with Crippen LogP contribution in [0.5, 0.6) is 0 Å². The third-order valence-corrected chi connectivity index (χ3v) is 3.50. The van der Waals surface area contributed by atoms with E-state index in [0.717, 1.165) is 0 Å². The van der Waals surface area contributed by atoms with Gasteiger partial charge in [0, 0.05) is 24.8 Å². The predicted octanol–water partition coefficient (Wildman–Crippen LogP) is 2.57. The van der Waals surface area contributed by atoms with Crippen LogP contribution in [0.4, 0.5) is 5.69 Å². The number of anilines is 1. The molecule has 0 amide bonds. The van der Waals surface area contributed by atoms with Crippen molar-refractivity contribution < 1.29 is 0 Å². The minimum absolute atomic E-state index is 0.704. The van der Waals surface area contributed by atoms with Gasteiger partial charge in [0.25, 0.3) is 0 Å². The van der Waals surface area contributed by atoms with Gasteiger partial charge >= 0.3 is 0 Å². The molecule has 1 aliphatic rings. The highest BCUT2D eigenvalue weighted by Crippen LogP contribution is 2.20. The monoisotopic (exact) mass is 218 g/mol. The molecule has 0 saturated carbocycles. The number of benzene rings is 1. The molecule has 0 aromatic heterocycles. The van der Waals surface area contributed by atoms with E-state index in [1.54, 1.807) is 0 Å². The second-order valence-electron chi connectivity index (χ2n) is 4.74. The smallest absolute Gasteiger partial charge is 0.0368 e. The fourth-order valence-electron chi connectivity index (χ4n) is 2.47. The molecular formula is C14H22N2. The Kier molecular flexibility index (Phi) is 3.83. The molecule has 1 fully saturated rings. The van der Waals surface area contributed by atoms with Crippen molar-refractivity contribution in [2.24, 2.45) is 0 Å². The Balaban J connectivity index is 2.04. The van der Waals surface area contributed by atoms with Gasteiger partial charge in [0.05, 0.1) is 0 Å². The molecule has 1 N–H and O–H groups in total. The zero-order valence-corrected chi connectivity index (χ0v) is 10.4. The van der Waals surface area contributed by atoms with Gasteiger partial charge in [-0.1, -0.05) is 12.1 Å². The summed E-state index contributed by atoms with van der Waals surface area (Å²) in [6.07, 6.45) is 3.85. The van der Waals surface area contributed by atoms with Crippen LogP contribution in [0.1, 0.15) is 24.8 Å². The highest BCUT2D eigenvalue weighted by molar-refractivity contribution is 5.48. The van der Waals surface area contributed by atoms with Crippen molar-refractivity contribution in [1.29, 1.82) is 0 Å². The normalized spacial score (nSPS) is 21.9. The summed E-state index contributed by atoms with van der Waals surface area (Å²) in [5, 5.41) is 3.40. The molecular weight excluding hydrogens is 196 g/mol. The van der Waals surface area contributed by atoms with E-state index < -0.39 is 0 Å². The number of aryl methyl sites for hydroxylation is 1. The van der Waals surface area contributed by atoms with E-state index in [4.69, 9.17) is 0 Å². The Bertz CT molecular complexity index is 335. The fourth-order valence-corrected chi connectivity index (χ4v) is 2.47. The van der Waals surface area contributed by atoms with Crippen molar-refractivity contribution in [3.63, 3.8) is 0 Å². The molecule has 0 aliphatic carbocycles. The molecule has 16 heavy (non-hydrogen) atoms. The molecule has 1 aliphatic heterocycles. The molecule has 2 nitrogen and oxygen atoms in total. The lowest BCUT2D eigenvalue weighted by Gasteiger charge is -2.23. The Hall–Kier alpha value is -1.02. The third kappa shape index (κ3) is 2.76. The summed E-state index contributed by atoms with van der Waals surface area (Å²) in [6, 6.07) is 9.55. The van der Waals surface area contributed by atoms with E-state index in [1.165, 1.54) is 43.6 Å². The van der Waals surface area contributed by atoms with E-state index >= 15 is 0 Å². The summed E-state index contributed by atoms with van der Waals surface area (Å²) < 4.78 is 0. The Morgan fingerprint density at radius 2 is 2.12 bits per heavy atom. The lowest BCUT2D eigenvalue weighted by molar-refractivity contribution is 0.512. The van der Waals surface area contributed by atoms with Crippen molar-refractivity contribution >= 4 is 5.69 Å². The number of hydrogen-bond acceptors (Lipinski definition) is 2. The first kappa shape index (κ1) is 11.5. The number of nitrogens with zero attached hydrogens (tertiary/aromatic N) is 1. The number of rotatable bonds is 2. The maximum absolute atomic E-state index is 3.40. The van der Waals surface area contributed by atoms with E-state index in [-0.39, 0.29) is 0 Å². The summed E-state index contributed by atoms with van der Waals surface area (Å²) in [7, 11) is 2.08. The molecule has 0 radical (unpaired) electrons. The predicted molar refractivity (Wildman–Crippen MR) is 70.1 cm³/mol. The van der Waals surface area contributed by atoms with Crippen molar-refractivity contribution in [2.75, 3.05) is 25.0 Å². The third-order valence-electron chi connectivity index (χ3n) is 3.50. The second-order valence-corrected chi connectivity index (χ2v) is 4.74. The molecule has 2 heteroatoms. The standard InChI is InChI=1S/C14H22N2/c1-12-5-3-7-14(11-12)16-9-4-6-13(15-2)8-10-16/h3,5,7,11,13,15H,4,6,8-10H2,1-2H3. The van der Waals surface area contributed by atoms with E-state index in [9.17, 15) is 0 Å². The van der Waals surface area contributed by atoms with Crippen LogP contribution >= 0.6 is 0 Å². The van der Waals surface area contributed by atoms with Crippen LogP contribution in [0.3, 0.4) is 0 Å². The van der Waals surface area contributed by atoms with Crippen LogP contribution in [-0.4, -0.2) is 26.2 Å². The molecule has 0 bridgehead atoms. The van der Waals surface area contributed by atoms with Gasteiger partial charge in [0.15, 0.2) is 0 Å². The van der Waals surface area contributed by atoms with Crippen molar-refractivity contribution in [3.05, 3.63) is 29.8 Å². The first-order valence-corrected chi connectivity index (χ1v) is 6.28. The largest absolute Gasteiger partial charge is 0.371 e. The Labute approximate surface area is 98.7 Å². The van der Waals surface area contributed by atoms with Crippen molar-refractivity contribution in [1.82, 2.24) is 5.32 Å². The average molecular weight is 218 g/mol. The molecule has 1 heterocycles. The molecule has 1 aromatic rings. The highest BCUT2D eigenvalue weighted by Gasteiger charge is 2.15. The molecule has 88 valence electrons. The van der Waals surface area contributed by atoms with Gasteiger partial charge in [-0.3, -0.25) is 0 Å². The maximum atomic E-state index is 3.40. The fraction of sp³-hybridized carbons (Fsp3) is 0.571. The lowest BCUT2D eigenvalue weighted by Crippen LogP contribution is -2.28. The number of hydrogen-bond donors (Lipinski definition) is 1. The van der Waals surface area contributed by atoms with Crippen molar-refractivity contribution in [3.8, 4) is 0 Å². The molecule has 1 unspecified atom stereocenters. The van der Waals surface area contributed by atoms with Gasteiger partial charge in [-0.25, -0.2) is 0 Å². The topological polar surface area (TPSA) is 15.3 Å². The zero-order chi connectivity index (χ0) is 11.4. The highest BCUT2D eigenvalue weighted by atomic mass is 15.1. The van der Waals surface area contributed by atoms with Gasteiger partial charge in [0.1, 0.15) is 0 Å². The van der Waals surface area contributed by atoms with Crippen LogP contribution < -0.4 is 10.2 Å². The van der Waals surface area contributed by atoms with Gasteiger partial charge in [0.2, 0.25) is 0 Å². The quantitative estimate of drug-likeness (QED) is 0.820. The Morgan fingerprint density at radius 3 is 2.88 bits per heavy atom. The number of nitrogens with one attached hydrogen (secondary N) is 1. The summed E-state index contributed by atoms with van der Waals surface area (Å²) in [4.78, 5) is 2.52. The summed E-state index contributed by atoms with van der Waals surface area (Å²) in [6.45, 7) is 4.54. The molecule has 1 saturated heterocycles. The molecule has 1 atom stereocenters. The van der Waals surface area contributed by atoms with Gasteiger partial charge in [-0.05, 0) is 50.9 Å². The second kappa shape index (κ2) is 5.35. The lowest BCUT2D eigenvalue weighted by atomic mass is 10.1. The summed E-state index contributed by atoms with van der Waals surface area (Å²) in [5.74, 6) is 0. The van der Waals surface area contributed by atoms with Gasteiger partial charge < -0.3 is 10.2 Å².